The summed E-state index contributed by atoms with van der Waals surface area (Å²) in [5.74, 6) is -0.398. The molecular weight excluding hydrogens is 454 g/mol. The highest BCUT2D eigenvalue weighted by Crippen LogP contribution is 2.28. The first-order chi connectivity index (χ1) is 16.4. The maximum absolute atomic E-state index is 13.3. The summed E-state index contributed by atoms with van der Waals surface area (Å²) >= 11 is 0. The van der Waals surface area contributed by atoms with Crippen molar-refractivity contribution in [2.45, 2.75) is 43.4 Å². The number of nitrogens with one attached hydrogen (secondary N) is 1. The molecule has 34 heavy (non-hydrogen) atoms. The summed E-state index contributed by atoms with van der Waals surface area (Å²) < 4.78 is 33.1. The average Bonchev–Trinajstić information content (AvgIpc) is 2.89. The van der Waals surface area contributed by atoms with Crippen molar-refractivity contribution >= 4 is 27.5 Å². The molecule has 0 bridgehead atoms. The van der Waals surface area contributed by atoms with E-state index in [0.29, 0.717) is 37.4 Å². The van der Waals surface area contributed by atoms with Crippen LogP contribution in [0.15, 0.2) is 47.4 Å². The second-order valence-corrected chi connectivity index (χ2v) is 10.6. The van der Waals surface area contributed by atoms with E-state index in [-0.39, 0.29) is 22.1 Å². The minimum Gasteiger partial charge on any atom is -0.496 e. The Balaban J connectivity index is 1.61. The molecule has 0 atom stereocenters. The van der Waals surface area contributed by atoms with E-state index in [0.717, 1.165) is 38.5 Å². The molecule has 0 spiro atoms. The van der Waals surface area contributed by atoms with Crippen LogP contribution in [0.5, 0.6) is 5.75 Å². The number of benzene rings is 2. The number of anilines is 1. The van der Waals surface area contributed by atoms with Gasteiger partial charge in [0.05, 0.1) is 28.8 Å². The average molecular weight is 486 g/mol. The second kappa shape index (κ2) is 10.6. The zero-order valence-electron chi connectivity index (χ0n) is 19.5. The van der Waals surface area contributed by atoms with Crippen LogP contribution in [0.4, 0.5) is 5.69 Å². The molecule has 182 valence electrons. The van der Waals surface area contributed by atoms with Crippen LogP contribution in [0, 0.1) is 0 Å². The van der Waals surface area contributed by atoms with Crippen molar-refractivity contribution in [1.82, 2.24) is 9.21 Å². The lowest BCUT2D eigenvalue weighted by molar-refractivity contribution is 0.0725. The normalized spacial score (nSPS) is 17.3. The zero-order valence-corrected chi connectivity index (χ0v) is 20.3. The highest BCUT2D eigenvalue weighted by molar-refractivity contribution is 7.89. The minimum atomic E-state index is -3.72. The summed E-state index contributed by atoms with van der Waals surface area (Å²) in [5, 5.41) is 2.80. The highest BCUT2D eigenvalue weighted by atomic mass is 32.2. The van der Waals surface area contributed by atoms with Crippen molar-refractivity contribution in [2.75, 3.05) is 38.6 Å². The lowest BCUT2D eigenvalue weighted by Crippen LogP contribution is -2.36. The molecule has 9 heteroatoms. The van der Waals surface area contributed by atoms with Gasteiger partial charge in [-0.1, -0.05) is 18.6 Å². The van der Waals surface area contributed by atoms with Crippen molar-refractivity contribution in [3.8, 4) is 5.75 Å². The molecule has 2 aliphatic rings. The monoisotopic (exact) mass is 485 g/mol. The lowest BCUT2D eigenvalue weighted by atomic mass is 10.1. The topological polar surface area (TPSA) is 96.0 Å². The van der Waals surface area contributed by atoms with Crippen LogP contribution in [0.2, 0.25) is 0 Å². The number of methoxy groups -OCH3 is 1. The number of rotatable bonds is 6. The Bertz CT molecular complexity index is 1150. The number of piperidine rings is 2. The first kappa shape index (κ1) is 24.2. The summed E-state index contributed by atoms with van der Waals surface area (Å²) in [5.41, 5.74) is 0.893. The summed E-state index contributed by atoms with van der Waals surface area (Å²) in [6.07, 6.45) is 5.71. The maximum Gasteiger partial charge on any atom is 0.259 e. The first-order valence-electron chi connectivity index (χ1n) is 11.8. The fourth-order valence-corrected chi connectivity index (χ4v) is 6.06. The Morgan fingerprint density at radius 1 is 0.853 bits per heavy atom. The Kier molecular flexibility index (Phi) is 7.53. The molecule has 4 rings (SSSR count). The van der Waals surface area contributed by atoms with Crippen LogP contribution in [0.25, 0.3) is 0 Å². The maximum atomic E-state index is 13.3. The van der Waals surface area contributed by atoms with Gasteiger partial charge in [0.2, 0.25) is 10.0 Å². The molecular formula is C25H31N3O5S. The van der Waals surface area contributed by atoms with Crippen LogP contribution in [-0.4, -0.2) is 62.7 Å². The van der Waals surface area contributed by atoms with Crippen LogP contribution in [-0.2, 0) is 10.0 Å². The smallest absolute Gasteiger partial charge is 0.259 e. The number of hydrogen-bond acceptors (Lipinski definition) is 5. The van der Waals surface area contributed by atoms with E-state index in [1.807, 2.05) is 0 Å². The first-order valence-corrected chi connectivity index (χ1v) is 13.2. The molecule has 0 radical (unpaired) electrons. The molecule has 1 N–H and O–H groups in total. The van der Waals surface area contributed by atoms with Gasteiger partial charge in [0.1, 0.15) is 5.75 Å². The number of likely N-dealkylation sites (tertiary alicyclic amines) is 1. The van der Waals surface area contributed by atoms with Crippen molar-refractivity contribution < 1.29 is 22.7 Å². The van der Waals surface area contributed by atoms with E-state index in [4.69, 9.17) is 4.74 Å². The number of hydrogen-bond donors (Lipinski definition) is 1. The van der Waals surface area contributed by atoms with E-state index in [9.17, 15) is 18.0 Å². The molecule has 0 unspecified atom stereocenters. The number of carbonyl (C=O) groups is 2. The van der Waals surface area contributed by atoms with E-state index < -0.39 is 15.9 Å². The van der Waals surface area contributed by atoms with Crippen LogP contribution in [0.3, 0.4) is 0 Å². The van der Waals surface area contributed by atoms with Crippen molar-refractivity contribution in [2.24, 2.45) is 0 Å². The van der Waals surface area contributed by atoms with Crippen molar-refractivity contribution in [1.29, 1.82) is 0 Å². The summed E-state index contributed by atoms with van der Waals surface area (Å²) in [4.78, 5) is 28.2. The number of sulfonamides is 1. The van der Waals surface area contributed by atoms with Gasteiger partial charge in [0.25, 0.3) is 11.8 Å². The summed E-state index contributed by atoms with van der Waals surface area (Å²) in [6.45, 7) is 2.35. The molecule has 0 saturated carbocycles. The molecule has 0 aromatic heterocycles. The number of amides is 2. The SMILES string of the molecule is COc1ccc(S(=O)(=O)N2CCCCC2)cc1C(=O)Nc1ccccc1C(=O)N1CCCCC1. The number of ether oxygens (including phenoxy) is 1. The molecule has 2 aliphatic heterocycles. The van der Waals surface area contributed by atoms with E-state index in [1.165, 1.54) is 29.6 Å². The van der Waals surface area contributed by atoms with Gasteiger partial charge in [0.15, 0.2) is 0 Å². The number of carbonyl (C=O) groups excluding carboxylic acids is 2. The molecule has 2 amide bonds. The molecule has 8 nitrogen and oxygen atoms in total. The lowest BCUT2D eigenvalue weighted by Gasteiger charge is -2.27. The van der Waals surface area contributed by atoms with Gasteiger partial charge in [-0.25, -0.2) is 8.42 Å². The Morgan fingerprint density at radius 2 is 1.50 bits per heavy atom. The Labute approximate surface area is 200 Å². The van der Waals surface area contributed by atoms with Gasteiger partial charge in [-0.15, -0.1) is 0 Å². The van der Waals surface area contributed by atoms with Gasteiger partial charge < -0.3 is 15.0 Å². The molecule has 2 saturated heterocycles. The zero-order chi connectivity index (χ0) is 24.1. The largest absolute Gasteiger partial charge is 0.496 e. The van der Waals surface area contributed by atoms with E-state index in [2.05, 4.69) is 5.32 Å². The van der Waals surface area contributed by atoms with Crippen LogP contribution in [0.1, 0.15) is 59.2 Å². The fourth-order valence-electron chi connectivity index (χ4n) is 4.51. The fraction of sp³-hybridized carbons (Fsp3) is 0.440. The van der Waals surface area contributed by atoms with Crippen LogP contribution >= 0.6 is 0 Å². The second-order valence-electron chi connectivity index (χ2n) is 8.68. The molecule has 2 aromatic carbocycles. The van der Waals surface area contributed by atoms with Gasteiger partial charge >= 0.3 is 0 Å². The van der Waals surface area contributed by atoms with E-state index in [1.54, 1.807) is 29.2 Å². The van der Waals surface area contributed by atoms with Gasteiger partial charge in [-0.2, -0.15) is 4.31 Å². The Hall–Kier alpha value is -2.91. The van der Waals surface area contributed by atoms with Gasteiger partial charge in [-0.05, 0) is 62.4 Å². The van der Waals surface area contributed by atoms with E-state index >= 15 is 0 Å². The molecule has 0 aliphatic carbocycles. The number of nitrogens with zero attached hydrogens (tertiary/aromatic N) is 2. The minimum absolute atomic E-state index is 0.0537. The van der Waals surface area contributed by atoms with Crippen LogP contribution < -0.4 is 10.1 Å². The summed E-state index contributed by atoms with van der Waals surface area (Å²) in [6, 6.07) is 11.2. The third kappa shape index (κ3) is 5.10. The third-order valence-electron chi connectivity index (χ3n) is 6.42. The Morgan fingerprint density at radius 3 is 2.18 bits per heavy atom. The molecule has 2 heterocycles. The standard InChI is InChI=1S/C25H31N3O5S/c1-33-23-13-12-19(34(31,32)28-16-8-3-9-17-28)18-21(23)24(29)26-22-11-5-4-10-20(22)25(30)27-14-6-2-7-15-27/h4-5,10-13,18H,2-3,6-9,14-17H2,1H3,(H,26,29). The molecule has 2 aromatic rings. The van der Waals surface area contributed by atoms with Crippen molar-refractivity contribution in [3.63, 3.8) is 0 Å². The number of para-hydroxylation sites is 1. The predicted octanol–water partition coefficient (Wildman–Crippen LogP) is 3.75. The quantitative estimate of drug-likeness (QED) is 0.672. The van der Waals surface area contributed by atoms with Crippen molar-refractivity contribution in [3.05, 3.63) is 53.6 Å². The van der Waals surface area contributed by atoms with Gasteiger partial charge in [-0.3, -0.25) is 9.59 Å². The van der Waals surface area contributed by atoms with Gasteiger partial charge in [0, 0.05) is 26.2 Å². The third-order valence-corrected chi connectivity index (χ3v) is 8.31. The predicted molar refractivity (Wildman–Crippen MR) is 130 cm³/mol. The molecule has 2 fully saturated rings. The highest BCUT2D eigenvalue weighted by Gasteiger charge is 2.28. The summed E-state index contributed by atoms with van der Waals surface area (Å²) in [7, 11) is -2.29.